The Morgan fingerprint density at radius 2 is 1.82 bits per heavy atom. The maximum atomic E-state index is 13.0. The monoisotopic (exact) mass is 251 g/mol. The van der Waals surface area contributed by atoms with Crippen LogP contribution in [0.3, 0.4) is 0 Å². The fourth-order valence-corrected chi connectivity index (χ4v) is 1.04. The van der Waals surface area contributed by atoms with Crippen LogP contribution in [0.15, 0.2) is 18.2 Å². The summed E-state index contributed by atoms with van der Waals surface area (Å²) in [5, 5.41) is 9.88. The topological polar surface area (TPSA) is 66.4 Å². The molecular formula is C9H5F4NO3. The Morgan fingerprint density at radius 3 is 2.29 bits per heavy atom. The third-order valence-corrected chi connectivity index (χ3v) is 1.73. The van der Waals surface area contributed by atoms with Crippen molar-refractivity contribution < 1.29 is 32.3 Å². The molecule has 1 rings (SSSR count). The first-order valence-corrected chi connectivity index (χ1v) is 4.13. The van der Waals surface area contributed by atoms with Crippen LogP contribution in [-0.2, 0) is 4.79 Å². The first-order valence-electron chi connectivity index (χ1n) is 4.13. The fraction of sp³-hybridized carbons (Fsp3) is 0.111. The van der Waals surface area contributed by atoms with Crippen molar-refractivity contribution in [1.29, 1.82) is 0 Å². The molecule has 0 aliphatic carbocycles. The van der Waals surface area contributed by atoms with Gasteiger partial charge < -0.3 is 10.4 Å². The average molecular weight is 251 g/mol. The number of carbonyl (C=O) groups is 2. The summed E-state index contributed by atoms with van der Waals surface area (Å²) in [6.45, 7) is 0. The maximum absolute atomic E-state index is 13.0. The number of rotatable bonds is 2. The molecule has 0 radical (unpaired) electrons. The lowest BCUT2D eigenvalue weighted by Gasteiger charge is -2.10. The lowest BCUT2D eigenvalue weighted by molar-refractivity contribution is -0.167. The summed E-state index contributed by atoms with van der Waals surface area (Å²) in [5.41, 5.74) is -1.77. The number of alkyl halides is 3. The normalized spacial score (nSPS) is 11.1. The largest absolute Gasteiger partial charge is 0.478 e. The number of hydrogen-bond donors (Lipinski definition) is 2. The van der Waals surface area contributed by atoms with Gasteiger partial charge in [0, 0.05) is 0 Å². The highest BCUT2D eigenvalue weighted by molar-refractivity contribution is 6.02. The lowest BCUT2D eigenvalue weighted by atomic mass is 10.1. The van der Waals surface area contributed by atoms with E-state index >= 15 is 0 Å². The number of benzene rings is 1. The van der Waals surface area contributed by atoms with Crippen LogP contribution in [0.5, 0.6) is 0 Å². The molecule has 0 aliphatic rings. The fourth-order valence-electron chi connectivity index (χ4n) is 1.04. The molecule has 1 aromatic rings. The molecule has 0 aliphatic heterocycles. The smallest absolute Gasteiger partial charge is 0.471 e. The molecule has 0 aromatic heterocycles. The molecule has 0 saturated heterocycles. The minimum atomic E-state index is -5.18. The summed E-state index contributed by atoms with van der Waals surface area (Å²) in [5.74, 6) is -5.39. The van der Waals surface area contributed by atoms with Gasteiger partial charge in [-0.25, -0.2) is 9.18 Å². The molecule has 8 heteroatoms. The maximum Gasteiger partial charge on any atom is 0.471 e. The molecule has 0 saturated carbocycles. The summed E-state index contributed by atoms with van der Waals surface area (Å²) in [6.07, 6.45) is -5.18. The Morgan fingerprint density at radius 1 is 1.24 bits per heavy atom. The van der Waals surface area contributed by atoms with Gasteiger partial charge in [-0.05, 0) is 12.1 Å². The van der Waals surface area contributed by atoms with E-state index in [-0.39, 0.29) is 0 Å². The number of hydrogen-bond acceptors (Lipinski definition) is 2. The second-order valence-electron chi connectivity index (χ2n) is 2.92. The van der Waals surface area contributed by atoms with Crippen LogP contribution in [-0.4, -0.2) is 23.2 Å². The van der Waals surface area contributed by atoms with Crippen molar-refractivity contribution in [3.63, 3.8) is 0 Å². The molecule has 0 heterocycles. The SMILES string of the molecule is O=C(O)c1c(F)cccc1NC(=O)C(F)(F)F. The minimum absolute atomic E-state index is 0.750. The van der Waals surface area contributed by atoms with Crippen LogP contribution in [0.4, 0.5) is 23.2 Å². The Kier molecular flexibility index (Phi) is 3.35. The Hall–Kier alpha value is -2.12. The van der Waals surface area contributed by atoms with Crippen LogP contribution in [0.25, 0.3) is 0 Å². The zero-order valence-corrected chi connectivity index (χ0v) is 8.01. The molecule has 2 N–H and O–H groups in total. The van der Waals surface area contributed by atoms with Crippen molar-refractivity contribution in [1.82, 2.24) is 0 Å². The van der Waals surface area contributed by atoms with Gasteiger partial charge in [-0.15, -0.1) is 0 Å². The van der Waals surface area contributed by atoms with Crippen molar-refractivity contribution in [2.75, 3.05) is 5.32 Å². The van der Waals surface area contributed by atoms with Gasteiger partial charge >= 0.3 is 18.1 Å². The van der Waals surface area contributed by atoms with Crippen molar-refractivity contribution in [2.45, 2.75) is 6.18 Å². The number of carbonyl (C=O) groups excluding carboxylic acids is 1. The summed E-state index contributed by atoms with van der Waals surface area (Å²) < 4.78 is 48.8. The van der Waals surface area contributed by atoms with Gasteiger partial charge in [0.05, 0.1) is 5.69 Å². The first kappa shape index (κ1) is 12.9. The summed E-state index contributed by atoms with van der Waals surface area (Å²) in [7, 11) is 0. The summed E-state index contributed by atoms with van der Waals surface area (Å²) in [4.78, 5) is 21.2. The molecule has 0 fully saturated rings. The van der Waals surface area contributed by atoms with E-state index in [1.54, 1.807) is 0 Å². The molecule has 0 unspecified atom stereocenters. The van der Waals surface area contributed by atoms with E-state index < -0.39 is 35.1 Å². The predicted molar refractivity (Wildman–Crippen MR) is 48.0 cm³/mol. The highest BCUT2D eigenvalue weighted by Crippen LogP contribution is 2.22. The van der Waals surface area contributed by atoms with Gasteiger partial charge in [-0.3, -0.25) is 4.79 Å². The van der Waals surface area contributed by atoms with E-state index in [0.717, 1.165) is 18.2 Å². The Labute approximate surface area is 91.9 Å². The van der Waals surface area contributed by atoms with E-state index in [4.69, 9.17) is 5.11 Å². The van der Waals surface area contributed by atoms with Gasteiger partial charge in [0.1, 0.15) is 11.4 Å². The van der Waals surface area contributed by atoms with Gasteiger partial charge in [0.15, 0.2) is 0 Å². The molecular weight excluding hydrogens is 246 g/mol. The van der Waals surface area contributed by atoms with Gasteiger partial charge in [0.2, 0.25) is 0 Å². The second-order valence-corrected chi connectivity index (χ2v) is 2.92. The van der Waals surface area contributed by atoms with Gasteiger partial charge in [0.25, 0.3) is 0 Å². The summed E-state index contributed by atoms with van der Waals surface area (Å²) >= 11 is 0. The van der Waals surface area contributed by atoms with Crippen LogP contribution in [0.1, 0.15) is 10.4 Å². The molecule has 1 amide bonds. The van der Waals surface area contributed by atoms with Crippen LogP contribution < -0.4 is 5.32 Å². The number of anilines is 1. The Bertz CT molecular complexity index is 470. The number of carboxylic acid groups (broad SMARTS) is 1. The van der Waals surface area contributed by atoms with Crippen LogP contribution >= 0.6 is 0 Å². The van der Waals surface area contributed by atoms with Gasteiger partial charge in [-0.2, -0.15) is 13.2 Å². The highest BCUT2D eigenvalue weighted by Gasteiger charge is 2.39. The quantitative estimate of drug-likeness (QED) is 0.790. The molecule has 0 bridgehead atoms. The number of nitrogens with one attached hydrogen (secondary N) is 1. The van der Waals surface area contributed by atoms with E-state index in [9.17, 15) is 27.2 Å². The third-order valence-electron chi connectivity index (χ3n) is 1.73. The third kappa shape index (κ3) is 2.92. The van der Waals surface area contributed by atoms with Gasteiger partial charge in [-0.1, -0.05) is 6.07 Å². The molecule has 1 aromatic carbocycles. The van der Waals surface area contributed by atoms with Crippen molar-refractivity contribution in [3.8, 4) is 0 Å². The minimum Gasteiger partial charge on any atom is -0.478 e. The lowest BCUT2D eigenvalue weighted by Crippen LogP contribution is -2.30. The van der Waals surface area contributed by atoms with Crippen molar-refractivity contribution in [2.24, 2.45) is 0 Å². The van der Waals surface area contributed by atoms with E-state index in [1.165, 1.54) is 5.32 Å². The molecule has 0 spiro atoms. The molecule has 17 heavy (non-hydrogen) atoms. The van der Waals surface area contributed by atoms with E-state index in [0.29, 0.717) is 0 Å². The first-order chi connectivity index (χ1) is 7.73. The number of aromatic carboxylic acids is 1. The van der Waals surface area contributed by atoms with Crippen LogP contribution in [0.2, 0.25) is 0 Å². The number of carboxylic acids is 1. The predicted octanol–water partition coefficient (Wildman–Crippen LogP) is 2.02. The zero-order valence-electron chi connectivity index (χ0n) is 8.01. The average Bonchev–Trinajstić information content (AvgIpc) is 2.15. The number of amides is 1. The second kappa shape index (κ2) is 4.40. The van der Waals surface area contributed by atoms with Crippen molar-refractivity contribution in [3.05, 3.63) is 29.6 Å². The number of halogens is 4. The van der Waals surface area contributed by atoms with E-state index in [2.05, 4.69) is 0 Å². The van der Waals surface area contributed by atoms with Crippen molar-refractivity contribution >= 4 is 17.6 Å². The standard InChI is InChI=1S/C9H5F4NO3/c10-4-2-1-3-5(6(4)7(15)16)14-8(17)9(11,12)13/h1-3H,(H,14,17)(H,15,16). The summed E-state index contributed by atoms with van der Waals surface area (Å²) in [6, 6.07) is 2.59. The molecule has 0 atom stereocenters. The molecule has 92 valence electrons. The zero-order chi connectivity index (χ0) is 13.2. The van der Waals surface area contributed by atoms with E-state index in [1.807, 2.05) is 0 Å². The highest BCUT2D eigenvalue weighted by atomic mass is 19.4. The molecule has 4 nitrogen and oxygen atoms in total. The Balaban J connectivity index is 3.12. The van der Waals surface area contributed by atoms with Crippen LogP contribution in [0, 0.1) is 5.82 Å².